The minimum absolute atomic E-state index is 0.223. The maximum atomic E-state index is 2.56. The molecule has 0 heterocycles. The fourth-order valence-electron chi connectivity index (χ4n) is 11.3. The van der Waals surface area contributed by atoms with E-state index in [-0.39, 0.29) is 12.1 Å². The second-order valence-electron chi connectivity index (χ2n) is 21.2. The normalized spacial score (nSPS) is 14.5. The highest BCUT2D eigenvalue weighted by Crippen LogP contribution is 2.55. The Bertz CT molecular complexity index is 3360. The highest BCUT2D eigenvalue weighted by molar-refractivity contribution is 6.12. The fraction of sp³-hybridized carbons (Fsp3) is 0.139. The van der Waals surface area contributed by atoms with Crippen molar-refractivity contribution in [3.63, 3.8) is 0 Å². The lowest BCUT2D eigenvalue weighted by Gasteiger charge is -2.42. The Morgan fingerprint density at radius 2 is 0.421 bits per heavy atom. The van der Waals surface area contributed by atoms with Gasteiger partial charge in [-0.2, -0.15) is 0 Å². The molecule has 12 rings (SSSR count). The Labute approximate surface area is 449 Å². The summed E-state index contributed by atoms with van der Waals surface area (Å²) < 4.78 is 0. The molecule has 10 aromatic rings. The summed E-state index contributed by atoms with van der Waals surface area (Å²) in [5.74, 6) is 0. The summed E-state index contributed by atoms with van der Waals surface area (Å²) in [4.78, 5) is 10.1. The molecule has 0 amide bonds. The van der Waals surface area contributed by atoms with Gasteiger partial charge in [-0.05, 0) is 187 Å². The summed E-state index contributed by atoms with van der Waals surface area (Å²) in [7, 11) is 0. The Kier molecular flexibility index (Phi) is 12.5. The van der Waals surface area contributed by atoms with Gasteiger partial charge in [-0.15, -0.1) is 0 Å². The lowest BCUT2D eigenvalue weighted by atomic mass is 9.78. The molecule has 10 aromatic carbocycles. The van der Waals surface area contributed by atoms with Crippen LogP contribution in [0.5, 0.6) is 0 Å². The summed E-state index contributed by atoms with van der Waals surface area (Å²) in [6.07, 6.45) is 5.07. The molecule has 0 radical (unpaired) electrons. The summed E-state index contributed by atoms with van der Waals surface area (Å²) in [5.41, 5.74) is 25.9. The van der Waals surface area contributed by atoms with Crippen molar-refractivity contribution < 1.29 is 0 Å². The third kappa shape index (κ3) is 8.94. The monoisotopic (exact) mass is 985 g/mol. The van der Waals surface area contributed by atoms with Crippen molar-refractivity contribution in [2.45, 2.75) is 67.5 Å². The predicted molar refractivity (Wildman–Crippen MR) is 323 cm³/mol. The van der Waals surface area contributed by atoms with Crippen molar-refractivity contribution in [2.75, 3.05) is 19.6 Å². The number of rotatable bonds is 12. The van der Waals surface area contributed by atoms with E-state index in [1.54, 1.807) is 0 Å². The van der Waals surface area contributed by atoms with E-state index < -0.39 is 0 Å². The zero-order chi connectivity index (χ0) is 52.2. The van der Waals surface area contributed by atoms with Crippen LogP contribution in [0.1, 0.15) is 78.8 Å². The largest absolute Gasteiger partial charge is 0.330 e. The van der Waals surface area contributed by atoms with E-state index in [4.69, 9.17) is 0 Å². The first-order valence-electron chi connectivity index (χ1n) is 26.7. The molecule has 4 nitrogen and oxygen atoms in total. The predicted octanol–water partition coefficient (Wildman–Crippen LogP) is 19.5. The number of hydrogen-bond acceptors (Lipinski definition) is 4. The molecule has 4 heteroatoms. The van der Waals surface area contributed by atoms with Crippen LogP contribution in [-0.2, 0) is 0 Å². The van der Waals surface area contributed by atoms with Crippen LogP contribution in [0.25, 0.3) is 22.2 Å². The number of aryl methyl sites for hydroxylation is 8. The van der Waals surface area contributed by atoms with Crippen LogP contribution in [0.15, 0.2) is 231 Å². The molecule has 2 atom stereocenters. The van der Waals surface area contributed by atoms with Crippen molar-refractivity contribution >= 4 is 67.7 Å². The van der Waals surface area contributed by atoms with E-state index >= 15 is 0 Å². The van der Waals surface area contributed by atoms with Crippen LogP contribution in [0.4, 0.5) is 45.5 Å². The van der Waals surface area contributed by atoms with Gasteiger partial charge < -0.3 is 19.6 Å². The Morgan fingerprint density at radius 3 is 0.632 bits per heavy atom. The van der Waals surface area contributed by atoms with Crippen molar-refractivity contribution in [3.05, 3.63) is 297 Å². The quantitative estimate of drug-likeness (QED) is 0.121. The summed E-state index contributed by atoms with van der Waals surface area (Å²) in [5, 5.41) is 2.50. The lowest BCUT2D eigenvalue weighted by Crippen LogP contribution is -2.30. The van der Waals surface area contributed by atoms with Gasteiger partial charge in [0.25, 0.3) is 0 Å². The molecule has 0 N–H and O–H groups in total. The number of nitrogens with zero attached hydrogens (tertiary/aromatic N) is 4. The molecule has 0 saturated heterocycles. The lowest BCUT2D eigenvalue weighted by molar-refractivity contribution is 0.841. The van der Waals surface area contributed by atoms with Gasteiger partial charge >= 0.3 is 0 Å². The number of anilines is 8. The topological polar surface area (TPSA) is 13.0 Å². The Morgan fingerprint density at radius 1 is 0.224 bits per heavy atom. The molecule has 0 aromatic heterocycles. The SMILES string of the molecule is Cc1ccc(N(C2=CC(N(c3ccc(C)cc3)c3ccc(C)cc3)c3ccc4c5c(ccc2c35)C(N(c2ccc(C)cc2)c2ccc(C)cc2)C=C4N(c2ccc(C)cc2)c2ccc(C)cc2)c2ccc(C)cc2)cc1. The van der Waals surface area contributed by atoms with Crippen LogP contribution in [0, 0.1) is 55.4 Å². The maximum absolute atomic E-state index is 2.56. The second-order valence-corrected chi connectivity index (χ2v) is 21.2. The third-order valence-electron chi connectivity index (χ3n) is 15.5. The van der Waals surface area contributed by atoms with Crippen molar-refractivity contribution in [1.82, 2.24) is 0 Å². The van der Waals surface area contributed by atoms with Crippen LogP contribution < -0.4 is 19.6 Å². The summed E-state index contributed by atoms with van der Waals surface area (Å²) >= 11 is 0. The van der Waals surface area contributed by atoms with Gasteiger partial charge in [0.05, 0.1) is 23.5 Å². The highest BCUT2D eigenvalue weighted by atomic mass is 15.2. The van der Waals surface area contributed by atoms with Crippen LogP contribution in [0.2, 0.25) is 0 Å². The van der Waals surface area contributed by atoms with E-state index in [0.29, 0.717) is 0 Å². The smallest absolute Gasteiger partial charge is 0.0805 e. The van der Waals surface area contributed by atoms with E-state index in [1.165, 1.54) is 77.5 Å². The molecular weight excluding hydrogens is 921 g/mol. The minimum Gasteiger partial charge on any atom is -0.330 e. The van der Waals surface area contributed by atoms with Crippen molar-refractivity contribution in [2.24, 2.45) is 0 Å². The van der Waals surface area contributed by atoms with Gasteiger partial charge in [-0.3, -0.25) is 0 Å². The van der Waals surface area contributed by atoms with E-state index in [2.05, 4.69) is 306 Å². The highest BCUT2D eigenvalue weighted by Gasteiger charge is 2.38. The minimum atomic E-state index is -0.223. The first kappa shape index (κ1) is 48.1. The number of benzene rings is 10. The van der Waals surface area contributed by atoms with Crippen molar-refractivity contribution in [1.29, 1.82) is 0 Å². The van der Waals surface area contributed by atoms with E-state index in [0.717, 1.165) is 56.9 Å². The Balaban J connectivity index is 1.21. The average Bonchev–Trinajstić information content (AvgIpc) is 3.46. The molecule has 0 bridgehead atoms. The second kappa shape index (κ2) is 19.8. The van der Waals surface area contributed by atoms with E-state index in [9.17, 15) is 0 Å². The molecular formula is C72H64N4. The van der Waals surface area contributed by atoms with Gasteiger partial charge in [0, 0.05) is 56.6 Å². The summed E-state index contributed by atoms with van der Waals surface area (Å²) in [6.45, 7) is 17.4. The van der Waals surface area contributed by atoms with Gasteiger partial charge in [-0.1, -0.05) is 166 Å². The molecule has 0 spiro atoms. The molecule has 0 fully saturated rings. The standard InChI is InChI=1S/C72H64N4/c1-47-9-25-55(26-10-47)73(56-27-11-48(2)12-28-56)67-45-68(74(57-29-13-49(3)14-30-57)58-31-15-50(4)16-32-58)64-43-44-66-70(76(61-37-21-53(7)22-38-61)62-39-23-54(8)24-40-62)46-69(65-42-41-63(67)71(64)72(65)66)75(59-33-17-51(5)18-34-59)60-35-19-52(6)20-36-60/h9-46,67,70H,1-8H3. The van der Waals surface area contributed by atoms with Gasteiger partial charge in [0.1, 0.15) is 0 Å². The maximum Gasteiger partial charge on any atom is 0.0805 e. The van der Waals surface area contributed by atoms with Crippen LogP contribution >= 0.6 is 0 Å². The van der Waals surface area contributed by atoms with Gasteiger partial charge in [0.15, 0.2) is 0 Å². The first-order valence-corrected chi connectivity index (χ1v) is 26.7. The third-order valence-corrected chi connectivity index (χ3v) is 15.5. The fourth-order valence-corrected chi connectivity index (χ4v) is 11.3. The molecule has 372 valence electrons. The molecule has 2 aliphatic rings. The zero-order valence-electron chi connectivity index (χ0n) is 44.9. The zero-order valence-corrected chi connectivity index (χ0v) is 44.9. The summed E-state index contributed by atoms with van der Waals surface area (Å²) in [6, 6.07) is 81.7. The number of hydrogen-bond donors (Lipinski definition) is 0. The molecule has 76 heavy (non-hydrogen) atoms. The van der Waals surface area contributed by atoms with Crippen molar-refractivity contribution in [3.8, 4) is 0 Å². The average molecular weight is 985 g/mol. The molecule has 0 saturated carbocycles. The molecule has 2 aliphatic carbocycles. The Hall–Kier alpha value is -8.86. The molecule has 2 unspecified atom stereocenters. The van der Waals surface area contributed by atoms with Crippen LogP contribution in [-0.4, -0.2) is 0 Å². The first-order chi connectivity index (χ1) is 36.9. The molecule has 0 aliphatic heterocycles. The van der Waals surface area contributed by atoms with E-state index in [1.807, 2.05) is 0 Å². The van der Waals surface area contributed by atoms with Gasteiger partial charge in [0.2, 0.25) is 0 Å². The van der Waals surface area contributed by atoms with Crippen LogP contribution in [0.3, 0.4) is 0 Å². The van der Waals surface area contributed by atoms with Gasteiger partial charge in [-0.25, -0.2) is 0 Å².